The number of thioether (sulfide) groups is 2. The first-order chi connectivity index (χ1) is 8.91. The van der Waals surface area contributed by atoms with E-state index in [2.05, 4.69) is 10.6 Å². The molecule has 0 rings (SSSR count). The fourth-order valence-electron chi connectivity index (χ4n) is 0.926. The van der Waals surface area contributed by atoms with E-state index in [-0.39, 0.29) is 41.7 Å². The average molecular weight is 306 g/mol. The minimum atomic E-state index is -0.216. The Bertz CT molecular complexity index is 318. The predicted octanol–water partition coefficient (Wildman–Crippen LogP) is -0.790. The molecule has 0 saturated carbocycles. The van der Waals surface area contributed by atoms with Gasteiger partial charge in [0.15, 0.2) is 10.3 Å². The molecule has 0 saturated heterocycles. The SMILES string of the molecule is N=C(N)SCCC(=O)NCNC(=O)CCSC(=N)N. The van der Waals surface area contributed by atoms with Crippen LogP contribution in [0.2, 0.25) is 0 Å². The Morgan fingerprint density at radius 3 is 1.58 bits per heavy atom. The third-order valence-electron chi connectivity index (χ3n) is 1.74. The molecule has 108 valence electrons. The second kappa shape index (κ2) is 10.5. The summed E-state index contributed by atoms with van der Waals surface area (Å²) in [7, 11) is 0. The first kappa shape index (κ1) is 17.6. The van der Waals surface area contributed by atoms with Gasteiger partial charge in [0.25, 0.3) is 0 Å². The van der Waals surface area contributed by atoms with Crippen LogP contribution in [0.4, 0.5) is 0 Å². The topological polar surface area (TPSA) is 158 Å². The second-order valence-electron chi connectivity index (χ2n) is 3.30. The van der Waals surface area contributed by atoms with E-state index in [1.807, 2.05) is 0 Å². The number of amidine groups is 2. The van der Waals surface area contributed by atoms with Gasteiger partial charge in [-0.3, -0.25) is 20.4 Å². The molecule has 0 heterocycles. The summed E-state index contributed by atoms with van der Waals surface area (Å²) >= 11 is 2.18. The van der Waals surface area contributed by atoms with Gasteiger partial charge < -0.3 is 22.1 Å². The Morgan fingerprint density at radius 1 is 0.895 bits per heavy atom. The Kier molecular flexibility index (Phi) is 9.71. The highest BCUT2D eigenvalue weighted by Crippen LogP contribution is 2.00. The first-order valence-electron chi connectivity index (χ1n) is 5.39. The van der Waals surface area contributed by atoms with Crippen molar-refractivity contribution in [2.24, 2.45) is 11.5 Å². The van der Waals surface area contributed by atoms with Crippen molar-refractivity contribution in [2.75, 3.05) is 18.2 Å². The maximum atomic E-state index is 11.3. The minimum Gasteiger partial charge on any atom is -0.379 e. The Morgan fingerprint density at radius 2 is 1.26 bits per heavy atom. The summed E-state index contributed by atoms with van der Waals surface area (Å²) in [6, 6.07) is 0. The molecule has 2 amide bonds. The van der Waals surface area contributed by atoms with Crippen molar-refractivity contribution < 1.29 is 9.59 Å². The van der Waals surface area contributed by atoms with E-state index < -0.39 is 0 Å². The van der Waals surface area contributed by atoms with Gasteiger partial charge in [-0.2, -0.15) is 0 Å². The highest BCUT2D eigenvalue weighted by atomic mass is 32.2. The fraction of sp³-hybridized carbons (Fsp3) is 0.556. The molecule has 0 fully saturated rings. The summed E-state index contributed by atoms with van der Waals surface area (Å²) < 4.78 is 0. The predicted molar refractivity (Wildman–Crippen MR) is 79.1 cm³/mol. The second-order valence-corrected chi connectivity index (χ2v) is 5.58. The Balaban J connectivity index is 3.50. The summed E-state index contributed by atoms with van der Waals surface area (Å²) in [5.41, 5.74) is 10.2. The lowest BCUT2D eigenvalue weighted by Gasteiger charge is -2.07. The molecular formula is C9H18N6O2S2. The molecule has 8 N–H and O–H groups in total. The van der Waals surface area contributed by atoms with E-state index in [1.165, 1.54) is 0 Å². The van der Waals surface area contributed by atoms with Crippen molar-refractivity contribution in [2.45, 2.75) is 12.8 Å². The van der Waals surface area contributed by atoms with Crippen molar-refractivity contribution in [1.29, 1.82) is 10.8 Å². The number of carbonyl (C=O) groups is 2. The van der Waals surface area contributed by atoms with Crippen LogP contribution in [-0.4, -0.2) is 40.3 Å². The first-order valence-corrected chi connectivity index (χ1v) is 7.36. The molecule has 0 aromatic heterocycles. The zero-order valence-corrected chi connectivity index (χ0v) is 12.0. The third-order valence-corrected chi connectivity index (χ3v) is 3.18. The van der Waals surface area contributed by atoms with Crippen LogP contribution < -0.4 is 22.1 Å². The highest BCUT2D eigenvalue weighted by Gasteiger charge is 2.04. The normalized spacial score (nSPS) is 9.68. The van der Waals surface area contributed by atoms with Crippen LogP contribution in [-0.2, 0) is 9.59 Å². The van der Waals surface area contributed by atoms with Crippen molar-refractivity contribution in [3.05, 3.63) is 0 Å². The largest absolute Gasteiger partial charge is 0.379 e. The quantitative estimate of drug-likeness (QED) is 0.196. The summed E-state index contributed by atoms with van der Waals surface area (Å²) in [6.07, 6.45) is 0.473. The molecule has 0 aliphatic carbocycles. The van der Waals surface area contributed by atoms with Crippen LogP contribution in [0.3, 0.4) is 0 Å². The molecule has 0 aromatic carbocycles. The molecule has 0 aliphatic rings. The van der Waals surface area contributed by atoms with Crippen molar-refractivity contribution in [3.63, 3.8) is 0 Å². The number of hydrogen-bond donors (Lipinski definition) is 6. The summed E-state index contributed by atoms with van der Waals surface area (Å²) in [6.45, 7) is 0.0626. The molecule has 0 atom stereocenters. The number of amides is 2. The van der Waals surface area contributed by atoms with Gasteiger partial charge in [-0.15, -0.1) is 0 Å². The molecule has 19 heavy (non-hydrogen) atoms. The standard InChI is InChI=1S/C9H18N6O2S2/c10-8(11)18-3-1-6(16)14-5-15-7(17)2-4-19-9(12)13/h1-5H2,(H3,10,11)(H3,12,13)(H,14,16)(H,15,17). The van der Waals surface area contributed by atoms with Gasteiger partial charge in [-0.1, -0.05) is 23.5 Å². The molecule has 0 bridgehead atoms. The molecule has 0 radical (unpaired) electrons. The average Bonchev–Trinajstić information content (AvgIpc) is 2.27. The Hall–Kier alpha value is -1.42. The number of rotatable bonds is 8. The van der Waals surface area contributed by atoms with Crippen LogP contribution in [0.5, 0.6) is 0 Å². The van der Waals surface area contributed by atoms with Gasteiger partial charge in [0.2, 0.25) is 11.8 Å². The van der Waals surface area contributed by atoms with E-state index >= 15 is 0 Å². The number of nitrogens with two attached hydrogens (primary N) is 2. The van der Waals surface area contributed by atoms with Crippen molar-refractivity contribution >= 4 is 45.7 Å². The van der Waals surface area contributed by atoms with Crippen LogP contribution >= 0.6 is 23.5 Å². The molecule has 0 spiro atoms. The summed E-state index contributed by atoms with van der Waals surface area (Å²) in [5, 5.41) is 18.9. The van der Waals surface area contributed by atoms with Crippen molar-refractivity contribution in [1.82, 2.24) is 10.6 Å². The minimum absolute atomic E-state index is 0.0240. The lowest BCUT2D eigenvalue weighted by Crippen LogP contribution is -2.37. The van der Waals surface area contributed by atoms with Crippen LogP contribution in [0.15, 0.2) is 0 Å². The van der Waals surface area contributed by atoms with Crippen LogP contribution in [0, 0.1) is 10.8 Å². The molecule has 0 unspecified atom stereocenters. The zero-order valence-electron chi connectivity index (χ0n) is 10.3. The lowest BCUT2D eigenvalue weighted by atomic mass is 10.4. The Labute approximate surface area is 119 Å². The lowest BCUT2D eigenvalue weighted by molar-refractivity contribution is -0.122. The molecular weight excluding hydrogens is 288 g/mol. The van der Waals surface area contributed by atoms with Gasteiger partial charge in [-0.25, -0.2) is 0 Å². The van der Waals surface area contributed by atoms with Gasteiger partial charge in [-0.05, 0) is 0 Å². The van der Waals surface area contributed by atoms with Crippen LogP contribution in [0.25, 0.3) is 0 Å². The van der Waals surface area contributed by atoms with E-state index in [0.717, 1.165) is 23.5 Å². The highest BCUT2D eigenvalue weighted by molar-refractivity contribution is 8.13. The number of hydrogen-bond acceptors (Lipinski definition) is 6. The number of nitrogens with one attached hydrogen (secondary N) is 4. The van der Waals surface area contributed by atoms with Gasteiger partial charge in [0.1, 0.15) is 0 Å². The molecule has 8 nitrogen and oxygen atoms in total. The van der Waals surface area contributed by atoms with E-state index in [4.69, 9.17) is 22.3 Å². The maximum absolute atomic E-state index is 11.3. The van der Waals surface area contributed by atoms with Gasteiger partial charge >= 0.3 is 0 Å². The van der Waals surface area contributed by atoms with E-state index in [9.17, 15) is 9.59 Å². The van der Waals surface area contributed by atoms with E-state index in [0.29, 0.717) is 11.5 Å². The summed E-state index contributed by atoms with van der Waals surface area (Å²) in [4.78, 5) is 22.5. The number of carbonyl (C=O) groups excluding carboxylic acids is 2. The fourth-order valence-corrected chi connectivity index (χ4v) is 1.94. The molecule has 10 heteroatoms. The zero-order chi connectivity index (χ0) is 14.7. The smallest absolute Gasteiger partial charge is 0.222 e. The van der Waals surface area contributed by atoms with Crippen molar-refractivity contribution in [3.8, 4) is 0 Å². The maximum Gasteiger partial charge on any atom is 0.222 e. The van der Waals surface area contributed by atoms with Crippen LogP contribution in [0.1, 0.15) is 12.8 Å². The third kappa shape index (κ3) is 12.8. The summed E-state index contributed by atoms with van der Waals surface area (Å²) in [5.74, 6) is 0.439. The molecule has 0 aliphatic heterocycles. The monoisotopic (exact) mass is 306 g/mol. The van der Waals surface area contributed by atoms with Gasteiger partial charge in [0.05, 0.1) is 6.67 Å². The molecule has 0 aromatic rings. The van der Waals surface area contributed by atoms with E-state index in [1.54, 1.807) is 0 Å². The van der Waals surface area contributed by atoms with Gasteiger partial charge in [0, 0.05) is 24.3 Å².